The Morgan fingerprint density at radius 3 is 2.26 bits per heavy atom. The molecule has 0 aromatic heterocycles. The van der Waals surface area contributed by atoms with E-state index in [0.717, 1.165) is 21.2 Å². The van der Waals surface area contributed by atoms with E-state index >= 15 is 0 Å². The van der Waals surface area contributed by atoms with E-state index in [0.29, 0.717) is 28.8 Å². The first-order chi connectivity index (χ1) is 16.4. The number of thioether (sulfide) groups is 1. The minimum atomic E-state index is -0.650. The molecule has 3 aromatic carbocycles. The molecule has 4 nitrogen and oxygen atoms in total. The standard InChI is InChI=1S/C26H25BrCl2N2O2S/c1-30-26(33)24(14-18-7-3-2-4-8-18)31(15-19-9-5-10-20(27)13-19)25(32)17-34-16-21-22(28)11-6-12-23(21)29/h2-13,24H,14-17H2,1H3,(H,30,33)/t24-/m0/s1. The van der Waals surface area contributed by atoms with Crippen molar-refractivity contribution in [3.8, 4) is 0 Å². The fourth-order valence-electron chi connectivity index (χ4n) is 3.55. The van der Waals surface area contributed by atoms with Crippen LogP contribution < -0.4 is 5.32 Å². The average Bonchev–Trinajstić information content (AvgIpc) is 2.83. The molecule has 0 saturated heterocycles. The van der Waals surface area contributed by atoms with Crippen molar-refractivity contribution >= 4 is 62.7 Å². The Kier molecular flexibility index (Phi) is 10.3. The minimum Gasteiger partial charge on any atom is -0.357 e. The Morgan fingerprint density at radius 2 is 1.62 bits per heavy atom. The van der Waals surface area contributed by atoms with Crippen LogP contribution in [0.4, 0.5) is 0 Å². The molecule has 0 fully saturated rings. The van der Waals surface area contributed by atoms with E-state index in [9.17, 15) is 9.59 Å². The van der Waals surface area contributed by atoms with Crippen molar-refractivity contribution in [1.29, 1.82) is 0 Å². The van der Waals surface area contributed by atoms with Crippen LogP contribution in [-0.2, 0) is 28.3 Å². The van der Waals surface area contributed by atoms with E-state index in [4.69, 9.17) is 23.2 Å². The molecule has 0 heterocycles. The lowest BCUT2D eigenvalue weighted by molar-refractivity contribution is -0.139. The molecule has 0 aliphatic carbocycles. The molecule has 0 saturated carbocycles. The van der Waals surface area contributed by atoms with Gasteiger partial charge in [-0.2, -0.15) is 0 Å². The Balaban J connectivity index is 1.83. The van der Waals surface area contributed by atoms with Crippen molar-refractivity contribution in [2.45, 2.75) is 24.8 Å². The number of rotatable bonds is 10. The summed E-state index contributed by atoms with van der Waals surface area (Å²) in [6.45, 7) is 0.316. The largest absolute Gasteiger partial charge is 0.357 e. The van der Waals surface area contributed by atoms with E-state index in [2.05, 4.69) is 21.2 Å². The molecule has 1 N–H and O–H groups in total. The highest BCUT2D eigenvalue weighted by atomic mass is 79.9. The fraction of sp³-hybridized carbons (Fsp3) is 0.231. The first kappa shape index (κ1) is 26.6. The van der Waals surface area contributed by atoms with Crippen LogP contribution in [0.3, 0.4) is 0 Å². The van der Waals surface area contributed by atoms with Crippen LogP contribution in [0.15, 0.2) is 77.3 Å². The molecule has 2 amide bonds. The molecule has 0 aliphatic rings. The first-order valence-electron chi connectivity index (χ1n) is 10.7. The molecule has 178 valence electrons. The first-order valence-corrected chi connectivity index (χ1v) is 13.4. The lowest BCUT2D eigenvalue weighted by atomic mass is 10.0. The van der Waals surface area contributed by atoms with Gasteiger partial charge in [-0.15, -0.1) is 11.8 Å². The van der Waals surface area contributed by atoms with Gasteiger partial charge in [0.05, 0.1) is 5.75 Å². The average molecular weight is 580 g/mol. The molecule has 8 heteroatoms. The van der Waals surface area contributed by atoms with Gasteiger partial charge < -0.3 is 10.2 Å². The number of hydrogen-bond acceptors (Lipinski definition) is 3. The summed E-state index contributed by atoms with van der Waals surface area (Å²) in [6.07, 6.45) is 0.418. The summed E-state index contributed by atoms with van der Waals surface area (Å²) in [5.41, 5.74) is 2.72. The van der Waals surface area contributed by atoms with Crippen LogP contribution in [0.5, 0.6) is 0 Å². The topological polar surface area (TPSA) is 49.4 Å². The third kappa shape index (κ3) is 7.51. The summed E-state index contributed by atoms with van der Waals surface area (Å²) in [5.74, 6) is 0.361. The summed E-state index contributed by atoms with van der Waals surface area (Å²) in [6, 6.07) is 22.2. The second-order valence-electron chi connectivity index (χ2n) is 7.66. The minimum absolute atomic E-state index is 0.127. The lowest BCUT2D eigenvalue weighted by Crippen LogP contribution is -2.50. The summed E-state index contributed by atoms with van der Waals surface area (Å²) in [7, 11) is 1.59. The van der Waals surface area contributed by atoms with Gasteiger partial charge in [0, 0.05) is 40.3 Å². The molecule has 0 bridgehead atoms. The highest BCUT2D eigenvalue weighted by Crippen LogP contribution is 2.28. The number of carbonyl (C=O) groups is 2. The number of nitrogens with one attached hydrogen (secondary N) is 1. The number of amides is 2. The highest BCUT2D eigenvalue weighted by molar-refractivity contribution is 9.10. The monoisotopic (exact) mass is 578 g/mol. The smallest absolute Gasteiger partial charge is 0.242 e. The van der Waals surface area contributed by atoms with Gasteiger partial charge in [0.2, 0.25) is 11.8 Å². The second-order valence-corrected chi connectivity index (χ2v) is 10.4. The van der Waals surface area contributed by atoms with E-state index in [-0.39, 0.29) is 17.6 Å². The predicted octanol–water partition coefficient (Wildman–Crippen LogP) is 6.38. The Bertz CT molecular complexity index is 1110. The molecule has 0 radical (unpaired) electrons. The molecule has 34 heavy (non-hydrogen) atoms. The zero-order valence-corrected chi connectivity index (χ0v) is 22.6. The van der Waals surface area contributed by atoms with Gasteiger partial charge in [0.1, 0.15) is 6.04 Å². The molecule has 0 spiro atoms. The Labute approximate surface area is 223 Å². The molecule has 3 aromatic rings. The van der Waals surface area contributed by atoms with E-state index < -0.39 is 6.04 Å². The molecule has 1 atom stereocenters. The fourth-order valence-corrected chi connectivity index (χ4v) is 5.64. The van der Waals surface area contributed by atoms with Crippen LogP contribution in [-0.4, -0.2) is 35.6 Å². The van der Waals surface area contributed by atoms with Gasteiger partial charge in [-0.1, -0.05) is 87.7 Å². The summed E-state index contributed by atoms with van der Waals surface area (Å²) in [4.78, 5) is 28.1. The van der Waals surface area contributed by atoms with Gasteiger partial charge in [-0.25, -0.2) is 0 Å². The summed E-state index contributed by atoms with van der Waals surface area (Å²) < 4.78 is 0.916. The van der Waals surface area contributed by atoms with Gasteiger partial charge in [-0.3, -0.25) is 9.59 Å². The number of nitrogens with zero attached hydrogens (tertiary/aromatic N) is 1. The number of carbonyl (C=O) groups excluding carboxylic acids is 2. The molecule has 0 unspecified atom stereocenters. The van der Waals surface area contributed by atoms with Gasteiger partial charge >= 0.3 is 0 Å². The van der Waals surface area contributed by atoms with Crippen LogP contribution >= 0.6 is 50.9 Å². The maximum atomic E-state index is 13.5. The molecule has 0 aliphatic heterocycles. The van der Waals surface area contributed by atoms with Crippen molar-refractivity contribution in [2.24, 2.45) is 0 Å². The van der Waals surface area contributed by atoms with E-state index in [1.54, 1.807) is 30.1 Å². The Hall–Kier alpha value is -1.99. The van der Waals surface area contributed by atoms with Crippen LogP contribution in [0.1, 0.15) is 16.7 Å². The summed E-state index contributed by atoms with van der Waals surface area (Å²) in [5, 5.41) is 3.88. The van der Waals surface area contributed by atoms with Crippen molar-refractivity contribution in [1.82, 2.24) is 10.2 Å². The zero-order chi connectivity index (χ0) is 24.5. The number of benzene rings is 3. The number of hydrogen-bond donors (Lipinski definition) is 1. The highest BCUT2D eigenvalue weighted by Gasteiger charge is 2.29. The Morgan fingerprint density at radius 1 is 0.971 bits per heavy atom. The maximum absolute atomic E-state index is 13.5. The third-order valence-electron chi connectivity index (χ3n) is 5.29. The summed E-state index contributed by atoms with van der Waals surface area (Å²) >= 11 is 17.5. The zero-order valence-electron chi connectivity index (χ0n) is 18.6. The van der Waals surface area contributed by atoms with Crippen molar-refractivity contribution in [3.05, 3.63) is 104 Å². The molecule has 3 rings (SSSR count). The van der Waals surface area contributed by atoms with Crippen molar-refractivity contribution < 1.29 is 9.59 Å². The van der Waals surface area contributed by atoms with E-state index in [1.807, 2.05) is 54.6 Å². The molecular formula is C26H25BrCl2N2O2S. The third-order valence-corrected chi connectivity index (χ3v) is 7.44. The van der Waals surface area contributed by atoms with Crippen molar-refractivity contribution in [3.63, 3.8) is 0 Å². The van der Waals surface area contributed by atoms with Crippen LogP contribution in [0, 0.1) is 0 Å². The number of halogens is 3. The predicted molar refractivity (Wildman–Crippen MR) is 145 cm³/mol. The normalized spacial score (nSPS) is 11.6. The van der Waals surface area contributed by atoms with Crippen LogP contribution in [0.2, 0.25) is 10.0 Å². The lowest BCUT2D eigenvalue weighted by Gasteiger charge is -2.31. The van der Waals surface area contributed by atoms with Gasteiger partial charge in [-0.05, 0) is 41.0 Å². The maximum Gasteiger partial charge on any atom is 0.242 e. The van der Waals surface area contributed by atoms with Crippen LogP contribution in [0.25, 0.3) is 0 Å². The number of likely N-dealkylation sites (N-methyl/N-ethyl adjacent to an activating group) is 1. The van der Waals surface area contributed by atoms with Gasteiger partial charge in [0.25, 0.3) is 0 Å². The quantitative estimate of drug-likeness (QED) is 0.303. The van der Waals surface area contributed by atoms with E-state index in [1.165, 1.54) is 11.8 Å². The second kappa shape index (κ2) is 13.2. The van der Waals surface area contributed by atoms with Gasteiger partial charge in [0.15, 0.2) is 0 Å². The SMILES string of the molecule is CNC(=O)[C@H](Cc1ccccc1)N(Cc1cccc(Br)c1)C(=O)CSCc1c(Cl)cccc1Cl. The van der Waals surface area contributed by atoms with Crippen molar-refractivity contribution in [2.75, 3.05) is 12.8 Å². The molecular weight excluding hydrogens is 555 g/mol.